The highest BCUT2D eigenvalue weighted by Gasteiger charge is 2.31. The summed E-state index contributed by atoms with van der Waals surface area (Å²) in [7, 11) is 1.21. The molecule has 0 aliphatic heterocycles. The van der Waals surface area contributed by atoms with Crippen LogP contribution in [0.2, 0.25) is 0 Å². The zero-order valence-corrected chi connectivity index (χ0v) is 18.2. The zero-order valence-electron chi connectivity index (χ0n) is 18.2. The summed E-state index contributed by atoms with van der Waals surface area (Å²) in [5, 5.41) is 2.01. The first-order chi connectivity index (χ1) is 16.0. The quantitative estimate of drug-likeness (QED) is 0.394. The molecule has 35 heavy (non-hydrogen) atoms. The number of benzene rings is 1. The van der Waals surface area contributed by atoms with Gasteiger partial charge in [0.25, 0.3) is 5.92 Å². The summed E-state index contributed by atoms with van der Waals surface area (Å²) < 4.78 is 109. The van der Waals surface area contributed by atoms with Crippen molar-refractivity contribution in [2.45, 2.75) is 25.2 Å². The van der Waals surface area contributed by atoms with Crippen molar-refractivity contribution >= 4 is 17.7 Å². The minimum atomic E-state index is -4.81. The lowest BCUT2D eigenvalue weighted by Gasteiger charge is -2.19. The molecule has 0 saturated carbocycles. The largest absolute Gasteiger partial charge is 0.454 e. The fourth-order valence-corrected chi connectivity index (χ4v) is 2.09. The van der Waals surface area contributed by atoms with Crippen LogP contribution in [0.15, 0.2) is 37.4 Å². The van der Waals surface area contributed by atoms with Gasteiger partial charge in [-0.1, -0.05) is 12.1 Å². The second-order valence-electron chi connectivity index (χ2n) is 6.46. The van der Waals surface area contributed by atoms with E-state index in [-0.39, 0.29) is 11.3 Å². The number of aromatic nitrogens is 3. The van der Waals surface area contributed by atoms with Crippen molar-refractivity contribution < 1.29 is 49.4 Å². The number of carbonyl (C=O) groups is 1. The summed E-state index contributed by atoms with van der Waals surface area (Å²) in [6.45, 7) is 2.92. The maximum Gasteiger partial charge on any atom is 0.422 e. The van der Waals surface area contributed by atoms with Crippen molar-refractivity contribution in [1.82, 2.24) is 15.0 Å². The molecule has 0 saturated heterocycles. The first-order valence-corrected chi connectivity index (χ1v) is 9.22. The standard InChI is InChI=1S/C17H15F8N5O3.C2H4/c1-15(18,19)9-3-5-10(6-4-9)30(2)14(31)28-11-26-12(32-7-16(20,21)22)29-13(27-11)33-8-17(23,24)25;1-2/h3-6H,7-8H2,1-2H3,(H,26,27,28,29,31);1-2H2. The maximum absolute atomic E-state index is 13.3. The monoisotopic (exact) mass is 517 g/mol. The molecular formula is C19H19F8N5O3. The van der Waals surface area contributed by atoms with Crippen molar-refractivity contribution in [3.8, 4) is 12.0 Å². The molecule has 0 unspecified atom stereocenters. The van der Waals surface area contributed by atoms with E-state index in [0.29, 0.717) is 6.92 Å². The SMILES string of the molecule is C=C.CN(C(=O)Nc1nc(OCC(F)(F)F)nc(OCC(F)(F)F)n1)c1ccc(C(C)(F)F)cc1. The number of ether oxygens (including phenoxy) is 2. The number of amides is 2. The molecule has 1 N–H and O–H groups in total. The van der Waals surface area contributed by atoms with Crippen molar-refractivity contribution in [3.63, 3.8) is 0 Å². The molecule has 0 aliphatic carbocycles. The number of halogens is 8. The van der Waals surface area contributed by atoms with Crippen LogP contribution < -0.4 is 19.7 Å². The van der Waals surface area contributed by atoms with Gasteiger partial charge in [-0.25, -0.2) is 13.6 Å². The number of rotatable bonds is 7. The first kappa shape index (κ1) is 29.3. The Balaban J connectivity index is 0.00000298. The molecule has 8 nitrogen and oxygen atoms in total. The van der Waals surface area contributed by atoms with E-state index in [4.69, 9.17) is 0 Å². The lowest BCUT2D eigenvalue weighted by Crippen LogP contribution is -2.32. The van der Waals surface area contributed by atoms with Crippen LogP contribution in [-0.4, -0.2) is 53.6 Å². The molecule has 0 radical (unpaired) electrons. The van der Waals surface area contributed by atoms with Gasteiger partial charge in [0.15, 0.2) is 13.2 Å². The van der Waals surface area contributed by atoms with E-state index >= 15 is 0 Å². The second kappa shape index (κ2) is 11.6. The third-order valence-corrected chi connectivity index (χ3v) is 3.61. The molecule has 0 spiro atoms. The Bertz CT molecular complexity index is 942. The zero-order chi connectivity index (χ0) is 27.0. The summed E-state index contributed by atoms with van der Waals surface area (Å²) in [5.41, 5.74) is -0.202. The normalized spacial score (nSPS) is 11.7. The van der Waals surface area contributed by atoms with Gasteiger partial charge in [-0.05, 0) is 12.1 Å². The van der Waals surface area contributed by atoms with Crippen LogP contribution in [0.25, 0.3) is 0 Å². The summed E-state index contributed by atoms with van der Waals surface area (Å²) in [4.78, 5) is 23.2. The molecular weight excluding hydrogens is 498 g/mol. The van der Waals surface area contributed by atoms with Crippen LogP contribution in [0.1, 0.15) is 12.5 Å². The van der Waals surface area contributed by atoms with Gasteiger partial charge in [-0.3, -0.25) is 10.2 Å². The topological polar surface area (TPSA) is 89.5 Å². The van der Waals surface area contributed by atoms with Gasteiger partial charge in [0.05, 0.1) is 0 Å². The maximum atomic E-state index is 13.3. The number of carbonyl (C=O) groups excluding carboxylic acids is 1. The first-order valence-electron chi connectivity index (χ1n) is 9.22. The molecule has 0 bridgehead atoms. The summed E-state index contributed by atoms with van der Waals surface area (Å²) in [5.74, 6) is -3.91. The minimum absolute atomic E-state index is 0.122. The van der Waals surface area contributed by atoms with Crippen LogP contribution in [0.4, 0.5) is 51.6 Å². The highest BCUT2D eigenvalue weighted by Crippen LogP contribution is 2.28. The van der Waals surface area contributed by atoms with Crippen LogP contribution in [-0.2, 0) is 5.92 Å². The summed E-state index contributed by atoms with van der Waals surface area (Å²) >= 11 is 0. The molecule has 0 atom stereocenters. The number of hydrogen-bond acceptors (Lipinski definition) is 6. The highest BCUT2D eigenvalue weighted by atomic mass is 19.4. The van der Waals surface area contributed by atoms with Crippen molar-refractivity contribution in [2.24, 2.45) is 0 Å². The molecule has 0 fully saturated rings. The average Bonchev–Trinajstić information content (AvgIpc) is 2.75. The van der Waals surface area contributed by atoms with E-state index in [1.54, 1.807) is 0 Å². The van der Waals surface area contributed by atoms with Crippen LogP contribution >= 0.6 is 0 Å². The predicted molar refractivity (Wildman–Crippen MR) is 108 cm³/mol. The molecule has 2 aromatic rings. The molecule has 0 aliphatic rings. The average molecular weight is 517 g/mol. The molecule has 194 valence electrons. The number of alkyl halides is 8. The Labute approximate surface area is 193 Å². The van der Waals surface area contributed by atoms with Gasteiger partial charge in [0.2, 0.25) is 5.95 Å². The van der Waals surface area contributed by atoms with Crippen LogP contribution in [0.5, 0.6) is 12.0 Å². The molecule has 1 heterocycles. The number of urea groups is 1. The fraction of sp³-hybridized carbons (Fsp3) is 0.368. The van der Waals surface area contributed by atoms with E-state index < -0.39 is 55.5 Å². The number of anilines is 2. The van der Waals surface area contributed by atoms with Gasteiger partial charge in [0, 0.05) is 25.2 Å². The van der Waals surface area contributed by atoms with E-state index in [1.165, 1.54) is 19.2 Å². The van der Waals surface area contributed by atoms with E-state index in [9.17, 15) is 39.9 Å². The van der Waals surface area contributed by atoms with Gasteiger partial charge in [0.1, 0.15) is 0 Å². The Morgan fingerprint density at radius 1 is 0.886 bits per heavy atom. The molecule has 2 amide bonds. The van der Waals surface area contributed by atoms with Gasteiger partial charge >= 0.3 is 30.4 Å². The number of hydrogen-bond donors (Lipinski definition) is 1. The van der Waals surface area contributed by atoms with Crippen molar-refractivity contribution in [3.05, 3.63) is 43.0 Å². The molecule has 2 rings (SSSR count). The summed E-state index contributed by atoms with van der Waals surface area (Å²) in [6, 6.07) is 1.37. The smallest absolute Gasteiger partial charge is 0.422 e. The Kier molecular flexibility index (Phi) is 9.73. The number of nitrogens with one attached hydrogen (secondary N) is 1. The summed E-state index contributed by atoms with van der Waals surface area (Å²) in [6.07, 6.45) is -9.63. The molecule has 16 heteroatoms. The molecule has 1 aromatic heterocycles. The van der Waals surface area contributed by atoms with Gasteiger partial charge in [-0.15, -0.1) is 18.1 Å². The third-order valence-electron chi connectivity index (χ3n) is 3.61. The van der Waals surface area contributed by atoms with E-state index in [0.717, 1.165) is 17.0 Å². The van der Waals surface area contributed by atoms with Crippen LogP contribution in [0, 0.1) is 0 Å². The highest BCUT2D eigenvalue weighted by molar-refractivity contribution is 6.00. The predicted octanol–water partition coefficient (Wildman–Crippen LogP) is 5.34. The molecule has 1 aromatic carbocycles. The van der Waals surface area contributed by atoms with Crippen molar-refractivity contribution in [1.29, 1.82) is 0 Å². The lowest BCUT2D eigenvalue weighted by molar-refractivity contribution is -0.156. The van der Waals surface area contributed by atoms with E-state index in [2.05, 4.69) is 37.6 Å². The minimum Gasteiger partial charge on any atom is -0.454 e. The van der Waals surface area contributed by atoms with Crippen molar-refractivity contribution in [2.75, 3.05) is 30.5 Å². The Hall–Kier alpha value is -3.72. The van der Waals surface area contributed by atoms with Gasteiger partial charge in [-0.2, -0.15) is 36.3 Å². The van der Waals surface area contributed by atoms with Crippen LogP contribution in [0.3, 0.4) is 0 Å². The third kappa shape index (κ3) is 10.4. The van der Waals surface area contributed by atoms with Gasteiger partial charge < -0.3 is 9.47 Å². The Morgan fingerprint density at radius 2 is 1.31 bits per heavy atom. The lowest BCUT2D eigenvalue weighted by atomic mass is 10.1. The second-order valence-corrected chi connectivity index (χ2v) is 6.46. The fourth-order valence-electron chi connectivity index (χ4n) is 2.09. The number of nitrogens with zero attached hydrogens (tertiary/aromatic N) is 4. The van der Waals surface area contributed by atoms with E-state index in [1.807, 2.05) is 5.32 Å². The Morgan fingerprint density at radius 3 is 1.69 bits per heavy atom.